The number of nitrogens with one attached hydrogen (secondary N) is 1. The van der Waals surface area contributed by atoms with Gasteiger partial charge in [-0.3, -0.25) is 4.79 Å². The average Bonchev–Trinajstić information content (AvgIpc) is 2.91. The topological polar surface area (TPSA) is 35.6 Å². The lowest BCUT2D eigenvalue weighted by Crippen LogP contribution is -2.39. The van der Waals surface area contributed by atoms with Gasteiger partial charge in [-0.25, -0.2) is 0 Å². The summed E-state index contributed by atoms with van der Waals surface area (Å²) in [6, 6.07) is 19.4. The second kappa shape index (κ2) is 10.2. The van der Waals surface area contributed by atoms with Gasteiger partial charge in [-0.05, 0) is 63.3 Å². The van der Waals surface area contributed by atoms with Crippen molar-refractivity contribution in [3.63, 3.8) is 0 Å². The zero-order valence-corrected chi connectivity index (χ0v) is 17.2. The highest BCUT2D eigenvalue weighted by Gasteiger charge is 2.17. The van der Waals surface area contributed by atoms with Crippen LogP contribution in [-0.2, 0) is 11.2 Å². The van der Waals surface area contributed by atoms with Gasteiger partial charge < -0.3 is 15.1 Å². The number of carbonyl (C=O) groups is 1. The summed E-state index contributed by atoms with van der Waals surface area (Å²) in [5, 5.41) is 3.12. The summed E-state index contributed by atoms with van der Waals surface area (Å²) < 4.78 is 0. The molecule has 0 bridgehead atoms. The number of carbonyl (C=O) groups excluding carboxylic acids is 1. The number of hydrogen-bond donors (Lipinski definition) is 1. The Morgan fingerprint density at radius 2 is 1.82 bits per heavy atom. The fourth-order valence-electron chi connectivity index (χ4n) is 3.94. The van der Waals surface area contributed by atoms with Crippen molar-refractivity contribution in [3.05, 3.63) is 60.2 Å². The van der Waals surface area contributed by atoms with E-state index in [-0.39, 0.29) is 5.91 Å². The van der Waals surface area contributed by atoms with Gasteiger partial charge in [-0.15, -0.1) is 0 Å². The van der Waals surface area contributed by atoms with Crippen LogP contribution in [0.1, 0.15) is 38.7 Å². The van der Waals surface area contributed by atoms with Crippen LogP contribution >= 0.6 is 0 Å². The van der Waals surface area contributed by atoms with Crippen LogP contribution in [0.2, 0.25) is 0 Å². The van der Waals surface area contributed by atoms with Gasteiger partial charge in [-0.2, -0.15) is 0 Å². The maximum absolute atomic E-state index is 12.5. The van der Waals surface area contributed by atoms with Gasteiger partial charge >= 0.3 is 0 Å². The Morgan fingerprint density at radius 3 is 2.61 bits per heavy atom. The summed E-state index contributed by atoms with van der Waals surface area (Å²) >= 11 is 0. The van der Waals surface area contributed by atoms with Crippen molar-refractivity contribution in [2.45, 2.75) is 45.6 Å². The lowest BCUT2D eigenvalue weighted by atomic mass is 10.1. The van der Waals surface area contributed by atoms with E-state index in [1.54, 1.807) is 0 Å². The maximum atomic E-state index is 12.5. The van der Waals surface area contributed by atoms with Crippen molar-refractivity contribution >= 4 is 17.3 Å². The highest BCUT2D eigenvalue weighted by atomic mass is 16.2. The van der Waals surface area contributed by atoms with Crippen LogP contribution in [0.4, 0.5) is 11.4 Å². The van der Waals surface area contributed by atoms with Crippen molar-refractivity contribution in [1.82, 2.24) is 5.32 Å². The van der Waals surface area contributed by atoms with Crippen LogP contribution in [0.5, 0.6) is 0 Å². The van der Waals surface area contributed by atoms with Crippen LogP contribution in [-0.4, -0.2) is 38.1 Å². The van der Waals surface area contributed by atoms with Gasteiger partial charge in [0.05, 0.1) is 6.54 Å². The lowest BCUT2D eigenvalue weighted by molar-refractivity contribution is -0.119. The zero-order chi connectivity index (χ0) is 19.8. The smallest absolute Gasteiger partial charge is 0.239 e. The predicted octanol–water partition coefficient (Wildman–Crippen LogP) is 4.25. The first-order chi connectivity index (χ1) is 13.6. The summed E-state index contributed by atoms with van der Waals surface area (Å²) in [6.07, 6.45) is 4.39. The Hall–Kier alpha value is -2.49. The molecule has 0 fully saturated rings. The Morgan fingerprint density at radius 1 is 1.07 bits per heavy atom. The van der Waals surface area contributed by atoms with Crippen LogP contribution in [0, 0.1) is 0 Å². The molecule has 0 saturated heterocycles. The van der Waals surface area contributed by atoms with Crippen LogP contribution < -0.4 is 15.1 Å². The minimum atomic E-state index is 0.118. The van der Waals surface area contributed by atoms with Crippen molar-refractivity contribution in [3.8, 4) is 0 Å². The molecule has 4 nitrogen and oxygen atoms in total. The molecule has 0 aliphatic carbocycles. The molecule has 1 amide bonds. The van der Waals surface area contributed by atoms with Crippen molar-refractivity contribution in [2.24, 2.45) is 0 Å². The van der Waals surface area contributed by atoms with Gasteiger partial charge in [0, 0.05) is 37.1 Å². The molecule has 28 heavy (non-hydrogen) atoms. The summed E-state index contributed by atoms with van der Waals surface area (Å²) in [4.78, 5) is 17.1. The number of amides is 1. The molecule has 3 rings (SSSR count). The molecular weight excluding hydrogens is 346 g/mol. The molecule has 150 valence electrons. The van der Waals surface area contributed by atoms with Crippen molar-refractivity contribution < 1.29 is 4.79 Å². The van der Waals surface area contributed by atoms with Gasteiger partial charge in [0.25, 0.3) is 0 Å². The monoisotopic (exact) mass is 379 g/mol. The lowest BCUT2D eigenvalue weighted by Gasteiger charge is -2.29. The average molecular weight is 380 g/mol. The van der Waals surface area contributed by atoms with E-state index in [1.807, 2.05) is 6.07 Å². The van der Waals surface area contributed by atoms with E-state index in [0.29, 0.717) is 19.1 Å². The van der Waals surface area contributed by atoms with Crippen LogP contribution in [0.25, 0.3) is 0 Å². The molecule has 0 aromatic heterocycles. The van der Waals surface area contributed by atoms with E-state index in [4.69, 9.17) is 0 Å². The third kappa shape index (κ3) is 5.51. The molecule has 1 heterocycles. The number of anilines is 2. The second-order valence-corrected chi connectivity index (χ2v) is 7.83. The Bertz CT molecular complexity index is 745. The minimum absolute atomic E-state index is 0.118. The second-order valence-electron chi connectivity index (χ2n) is 7.83. The van der Waals surface area contributed by atoms with E-state index < -0.39 is 0 Å². The number of aryl methyl sites for hydroxylation is 1. The molecule has 4 heteroatoms. The number of hydrogen-bond acceptors (Lipinski definition) is 3. The number of fused-ring (bicyclic) bond motifs is 1. The molecular formula is C24H33N3O. The maximum Gasteiger partial charge on any atom is 0.239 e. The number of nitrogens with zero attached hydrogens (tertiary/aromatic N) is 2. The molecule has 1 aliphatic heterocycles. The third-order valence-corrected chi connectivity index (χ3v) is 5.40. The first kappa shape index (κ1) is 20.2. The standard InChI is InChI=1S/C24H33N3O/c1-20(2)27(22-13-4-3-5-14-22)18-10-16-25-24(28)19-26-17-9-8-12-21-11-6-7-15-23(21)26/h3-7,11,13-15,20H,8-10,12,16-19H2,1-2H3,(H,25,28). The fourth-order valence-corrected chi connectivity index (χ4v) is 3.94. The van der Waals surface area contributed by atoms with Gasteiger partial charge in [-0.1, -0.05) is 36.4 Å². The summed E-state index contributed by atoms with van der Waals surface area (Å²) in [6.45, 7) is 7.48. The molecule has 0 radical (unpaired) electrons. The SMILES string of the molecule is CC(C)N(CCCNC(=O)CN1CCCCc2ccccc21)c1ccccc1. The van der Waals surface area contributed by atoms with Crippen molar-refractivity contribution in [1.29, 1.82) is 0 Å². The molecule has 1 N–H and O–H groups in total. The molecule has 2 aromatic carbocycles. The largest absolute Gasteiger partial charge is 0.369 e. The molecule has 2 aromatic rings. The van der Waals surface area contributed by atoms with E-state index in [2.05, 4.69) is 77.5 Å². The first-order valence-electron chi connectivity index (χ1n) is 10.6. The summed E-state index contributed by atoms with van der Waals surface area (Å²) in [7, 11) is 0. The Labute approximate surface area is 169 Å². The van der Waals surface area contributed by atoms with E-state index in [0.717, 1.165) is 32.4 Å². The number of benzene rings is 2. The highest BCUT2D eigenvalue weighted by Crippen LogP contribution is 2.25. The first-order valence-corrected chi connectivity index (χ1v) is 10.6. The van der Waals surface area contributed by atoms with Crippen LogP contribution in [0.3, 0.4) is 0 Å². The van der Waals surface area contributed by atoms with Gasteiger partial charge in [0.1, 0.15) is 0 Å². The molecule has 1 aliphatic rings. The van der Waals surface area contributed by atoms with Crippen molar-refractivity contribution in [2.75, 3.05) is 36.0 Å². The number of rotatable bonds is 8. The zero-order valence-electron chi connectivity index (χ0n) is 17.2. The van der Waals surface area contributed by atoms with E-state index in [9.17, 15) is 4.79 Å². The predicted molar refractivity (Wildman–Crippen MR) is 118 cm³/mol. The highest BCUT2D eigenvalue weighted by molar-refractivity contribution is 5.81. The van der Waals surface area contributed by atoms with Gasteiger partial charge in [0.2, 0.25) is 5.91 Å². The third-order valence-electron chi connectivity index (χ3n) is 5.40. The summed E-state index contributed by atoms with van der Waals surface area (Å²) in [5.41, 5.74) is 3.83. The Balaban J connectivity index is 1.47. The quantitative estimate of drug-likeness (QED) is 0.697. The normalized spacial score (nSPS) is 13.8. The fraction of sp³-hybridized carbons (Fsp3) is 0.458. The number of para-hydroxylation sites is 2. The molecule has 0 atom stereocenters. The molecule has 0 unspecified atom stereocenters. The summed E-state index contributed by atoms with van der Waals surface area (Å²) in [5.74, 6) is 0.118. The minimum Gasteiger partial charge on any atom is -0.369 e. The van der Waals surface area contributed by atoms with E-state index >= 15 is 0 Å². The Kier molecular flexibility index (Phi) is 7.35. The van der Waals surface area contributed by atoms with Crippen LogP contribution in [0.15, 0.2) is 54.6 Å². The van der Waals surface area contributed by atoms with E-state index in [1.165, 1.54) is 23.4 Å². The van der Waals surface area contributed by atoms with Gasteiger partial charge in [0.15, 0.2) is 0 Å². The molecule has 0 spiro atoms. The molecule has 0 saturated carbocycles.